The molecule has 1 atom stereocenters. The van der Waals surface area contributed by atoms with E-state index in [2.05, 4.69) is 0 Å². The van der Waals surface area contributed by atoms with E-state index in [1.165, 1.54) is 6.08 Å². The molecule has 81 valence electrons. The summed E-state index contributed by atoms with van der Waals surface area (Å²) in [7, 11) is 0. The fraction of sp³-hybridized carbons (Fsp3) is 0.700. The van der Waals surface area contributed by atoms with Crippen LogP contribution in [0.25, 0.3) is 0 Å². The Kier molecular flexibility index (Phi) is 9.36. The van der Waals surface area contributed by atoms with E-state index in [4.69, 9.17) is 4.74 Å². The third kappa shape index (κ3) is 6.24. The standard InChI is InChI=1S/C10H18O3.V/c1-5-13-8(4)10(12)6-9(11)7(2)3;/h6-8,12H,5H2,1-4H3;/b10-6-;. The summed E-state index contributed by atoms with van der Waals surface area (Å²) in [4.78, 5) is 11.2. The largest absolute Gasteiger partial charge is 0.509 e. The molecule has 0 aliphatic rings. The van der Waals surface area contributed by atoms with Crippen molar-refractivity contribution in [1.82, 2.24) is 0 Å². The Bertz CT molecular complexity index is 200. The van der Waals surface area contributed by atoms with Crippen molar-refractivity contribution in [3.63, 3.8) is 0 Å². The monoisotopic (exact) mass is 237 g/mol. The maximum Gasteiger partial charge on any atom is 0.161 e. The van der Waals surface area contributed by atoms with Crippen LogP contribution < -0.4 is 0 Å². The maximum atomic E-state index is 11.2. The van der Waals surface area contributed by atoms with Crippen LogP contribution in [-0.2, 0) is 28.1 Å². The Balaban J connectivity index is 0. The Labute approximate surface area is 97.4 Å². The molecule has 0 spiro atoms. The number of hydrogen-bond donors (Lipinski definition) is 1. The third-order valence-corrected chi connectivity index (χ3v) is 1.69. The Morgan fingerprint density at radius 3 is 2.29 bits per heavy atom. The normalized spacial score (nSPS) is 13.6. The first kappa shape index (κ1) is 16.2. The third-order valence-electron chi connectivity index (χ3n) is 1.69. The van der Waals surface area contributed by atoms with Crippen LogP contribution in [0.1, 0.15) is 27.7 Å². The predicted molar refractivity (Wildman–Crippen MR) is 51.6 cm³/mol. The average Bonchev–Trinajstić information content (AvgIpc) is 2.04. The van der Waals surface area contributed by atoms with Gasteiger partial charge >= 0.3 is 0 Å². The van der Waals surface area contributed by atoms with Crippen molar-refractivity contribution in [2.75, 3.05) is 6.61 Å². The molecule has 0 saturated heterocycles. The van der Waals surface area contributed by atoms with Gasteiger partial charge in [-0.15, -0.1) is 0 Å². The van der Waals surface area contributed by atoms with Gasteiger partial charge in [0.15, 0.2) is 5.78 Å². The van der Waals surface area contributed by atoms with Gasteiger partial charge in [0.1, 0.15) is 11.9 Å². The second-order valence-corrected chi connectivity index (χ2v) is 3.22. The fourth-order valence-electron chi connectivity index (χ4n) is 0.765. The van der Waals surface area contributed by atoms with Crippen molar-refractivity contribution in [3.05, 3.63) is 11.8 Å². The van der Waals surface area contributed by atoms with Gasteiger partial charge in [-0.3, -0.25) is 4.79 Å². The van der Waals surface area contributed by atoms with Crippen molar-refractivity contribution in [2.24, 2.45) is 5.92 Å². The summed E-state index contributed by atoms with van der Waals surface area (Å²) in [5, 5.41) is 9.38. The van der Waals surface area contributed by atoms with E-state index >= 15 is 0 Å². The van der Waals surface area contributed by atoms with Crippen LogP contribution in [0.3, 0.4) is 0 Å². The molecule has 14 heavy (non-hydrogen) atoms. The average molecular weight is 237 g/mol. The van der Waals surface area contributed by atoms with Gasteiger partial charge in [-0.1, -0.05) is 13.8 Å². The molecule has 0 aromatic heterocycles. The predicted octanol–water partition coefficient (Wildman–Crippen LogP) is 2.08. The first-order chi connectivity index (χ1) is 5.99. The zero-order valence-corrected chi connectivity index (χ0v) is 10.5. The molecule has 0 bridgehead atoms. The summed E-state index contributed by atoms with van der Waals surface area (Å²) >= 11 is 0. The number of hydrogen-bond acceptors (Lipinski definition) is 3. The quantitative estimate of drug-likeness (QED) is 0.588. The van der Waals surface area contributed by atoms with E-state index in [9.17, 15) is 9.90 Å². The minimum absolute atomic E-state index is 0. The molecule has 0 aliphatic heterocycles. The number of allylic oxidation sites excluding steroid dienone is 1. The van der Waals surface area contributed by atoms with Gasteiger partial charge in [0, 0.05) is 37.2 Å². The smallest absolute Gasteiger partial charge is 0.161 e. The van der Waals surface area contributed by atoms with Gasteiger partial charge in [0.05, 0.1) is 0 Å². The summed E-state index contributed by atoms with van der Waals surface area (Å²) in [5.74, 6) is -0.166. The first-order valence-corrected chi connectivity index (χ1v) is 4.55. The number of aliphatic hydroxyl groups is 1. The second kappa shape index (κ2) is 8.10. The molecule has 0 aliphatic carbocycles. The molecule has 0 rings (SSSR count). The first-order valence-electron chi connectivity index (χ1n) is 4.55. The molecule has 0 saturated carbocycles. The molecule has 0 aromatic rings. The Morgan fingerprint density at radius 2 is 1.93 bits per heavy atom. The number of ketones is 1. The van der Waals surface area contributed by atoms with Crippen molar-refractivity contribution in [3.8, 4) is 0 Å². The van der Waals surface area contributed by atoms with Crippen LogP contribution in [-0.4, -0.2) is 23.6 Å². The number of carbonyl (C=O) groups is 1. The van der Waals surface area contributed by atoms with Gasteiger partial charge < -0.3 is 9.84 Å². The van der Waals surface area contributed by atoms with E-state index in [1.807, 2.05) is 6.92 Å². The van der Waals surface area contributed by atoms with Crippen molar-refractivity contribution < 1.29 is 33.2 Å². The van der Waals surface area contributed by atoms with Crippen molar-refractivity contribution in [2.45, 2.75) is 33.8 Å². The molecule has 1 unspecified atom stereocenters. The number of carbonyl (C=O) groups excluding carboxylic acids is 1. The van der Waals surface area contributed by atoms with Crippen LogP contribution in [0.2, 0.25) is 0 Å². The zero-order chi connectivity index (χ0) is 10.4. The van der Waals surface area contributed by atoms with Gasteiger partial charge in [-0.05, 0) is 13.8 Å². The SMILES string of the molecule is CCOC(C)/C(O)=C/C(=O)C(C)C.[V]. The summed E-state index contributed by atoms with van der Waals surface area (Å²) in [6.07, 6.45) is 0.845. The van der Waals surface area contributed by atoms with Crippen LogP contribution in [0.5, 0.6) is 0 Å². The topological polar surface area (TPSA) is 46.5 Å². The van der Waals surface area contributed by atoms with Crippen LogP contribution in [0, 0.1) is 5.92 Å². The Hall–Kier alpha value is -0.246. The van der Waals surface area contributed by atoms with E-state index in [1.54, 1.807) is 20.8 Å². The molecular formula is C10H18O3V. The van der Waals surface area contributed by atoms with Gasteiger partial charge in [-0.25, -0.2) is 0 Å². The molecule has 4 heteroatoms. The number of aliphatic hydroxyl groups excluding tert-OH is 1. The second-order valence-electron chi connectivity index (χ2n) is 3.22. The minimum atomic E-state index is -0.396. The van der Waals surface area contributed by atoms with Crippen molar-refractivity contribution in [1.29, 1.82) is 0 Å². The number of rotatable bonds is 5. The van der Waals surface area contributed by atoms with Gasteiger partial charge in [0.25, 0.3) is 0 Å². The molecule has 0 aromatic carbocycles. The van der Waals surface area contributed by atoms with E-state index < -0.39 is 6.10 Å². The molecule has 0 heterocycles. The van der Waals surface area contributed by atoms with Gasteiger partial charge in [-0.2, -0.15) is 0 Å². The van der Waals surface area contributed by atoms with Crippen LogP contribution >= 0.6 is 0 Å². The Morgan fingerprint density at radius 1 is 1.43 bits per heavy atom. The zero-order valence-electron chi connectivity index (χ0n) is 9.15. The molecule has 0 fully saturated rings. The summed E-state index contributed by atoms with van der Waals surface area (Å²) < 4.78 is 5.11. The summed E-state index contributed by atoms with van der Waals surface area (Å²) in [6, 6.07) is 0. The fourth-order valence-corrected chi connectivity index (χ4v) is 0.765. The van der Waals surface area contributed by atoms with E-state index in [0.29, 0.717) is 6.61 Å². The van der Waals surface area contributed by atoms with Gasteiger partial charge in [0.2, 0.25) is 0 Å². The van der Waals surface area contributed by atoms with E-state index in [-0.39, 0.29) is 36.0 Å². The molecule has 1 radical (unpaired) electrons. The summed E-state index contributed by atoms with van der Waals surface area (Å²) in [5.41, 5.74) is 0. The summed E-state index contributed by atoms with van der Waals surface area (Å²) in [6.45, 7) is 7.65. The van der Waals surface area contributed by atoms with Crippen LogP contribution in [0.15, 0.2) is 11.8 Å². The van der Waals surface area contributed by atoms with E-state index in [0.717, 1.165) is 0 Å². The molecule has 3 nitrogen and oxygen atoms in total. The van der Waals surface area contributed by atoms with Crippen molar-refractivity contribution >= 4 is 5.78 Å². The molecule has 0 amide bonds. The maximum absolute atomic E-state index is 11.2. The number of ether oxygens (including phenoxy) is 1. The molecule has 1 N–H and O–H groups in total. The van der Waals surface area contributed by atoms with Crippen LogP contribution in [0.4, 0.5) is 0 Å². The minimum Gasteiger partial charge on any atom is -0.509 e. The molecular weight excluding hydrogens is 219 g/mol.